The van der Waals surface area contributed by atoms with Gasteiger partial charge in [-0.2, -0.15) is 0 Å². The highest BCUT2D eigenvalue weighted by atomic mass is 16.4. The highest BCUT2D eigenvalue weighted by Crippen LogP contribution is 2.09. The number of carbonyl (C=O) groups is 2. The average Bonchev–Trinajstić information content (AvgIpc) is 1.87. The van der Waals surface area contributed by atoms with Gasteiger partial charge >= 0.3 is 0 Å². The Kier molecular flexibility index (Phi) is 3.57. The molecule has 0 rings (SSSR count). The van der Waals surface area contributed by atoms with E-state index in [4.69, 9.17) is 0 Å². The predicted octanol–water partition coefficient (Wildman–Crippen LogP) is -1.85. The van der Waals surface area contributed by atoms with Crippen LogP contribution in [0.2, 0.25) is 0 Å². The van der Waals surface area contributed by atoms with Crippen LogP contribution in [0, 0.1) is 11.8 Å². The third kappa shape index (κ3) is 3.60. The van der Waals surface area contributed by atoms with E-state index in [2.05, 4.69) is 0 Å². The van der Waals surface area contributed by atoms with Crippen LogP contribution in [-0.4, -0.2) is 11.9 Å². The lowest BCUT2D eigenvalue weighted by atomic mass is 9.98. The van der Waals surface area contributed by atoms with E-state index in [1.165, 1.54) is 13.8 Å². The van der Waals surface area contributed by atoms with E-state index < -0.39 is 23.8 Å². The van der Waals surface area contributed by atoms with Crippen LogP contribution in [0.5, 0.6) is 0 Å². The summed E-state index contributed by atoms with van der Waals surface area (Å²) in [6.07, 6.45) is 0.0602. The normalized spacial score (nSPS) is 15.5. The molecule has 0 fully saturated rings. The van der Waals surface area contributed by atoms with Crippen molar-refractivity contribution >= 4 is 11.9 Å². The molecule has 0 aromatic rings. The molecule has 11 heavy (non-hydrogen) atoms. The largest absolute Gasteiger partial charge is 0.550 e. The van der Waals surface area contributed by atoms with Crippen molar-refractivity contribution in [3.63, 3.8) is 0 Å². The molecule has 0 saturated heterocycles. The van der Waals surface area contributed by atoms with Crippen LogP contribution < -0.4 is 10.2 Å². The van der Waals surface area contributed by atoms with Gasteiger partial charge < -0.3 is 19.8 Å². The van der Waals surface area contributed by atoms with Crippen LogP contribution in [0.15, 0.2) is 0 Å². The average molecular weight is 158 g/mol. The Morgan fingerprint density at radius 1 is 1.09 bits per heavy atom. The monoisotopic (exact) mass is 158 g/mol. The Labute approximate surface area is 64.8 Å². The van der Waals surface area contributed by atoms with Crippen LogP contribution in [0.3, 0.4) is 0 Å². The minimum Gasteiger partial charge on any atom is -0.550 e. The summed E-state index contributed by atoms with van der Waals surface area (Å²) >= 11 is 0. The van der Waals surface area contributed by atoms with Crippen molar-refractivity contribution in [1.29, 1.82) is 0 Å². The highest BCUT2D eigenvalue weighted by Gasteiger charge is 2.09. The Hall–Kier alpha value is -1.06. The molecule has 0 bridgehead atoms. The van der Waals surface area contributed by atoms with Crippen molar-refractivity contribution in [2.45, 2.75) is 20.3 Å². The van der Waals surface area contributed by atoms with E-state index in [9.17, 15) is 19.8 Å². The number of rotatable bonds is 4. The fourth-order valence-electron chi connectivity index (χ4n) is 0.723. The number of aliphatic carboxylic acids is 2. The maximum atomic E-state index is 10.1. The Morgan fingerprint density at radius 2 is 1.36 bits per heavy atom. The minimum atomic E-state index is -1.22. The lowest BCUT2D eigenvalue weighted by Gasteiger charge is -2.18. The van der Waals surface area contributed by atoms with E-state index in [0.717, 1.165) is 0 Å². The molecule has 0 aliphatic carbocycles. The summed E-state index contributed by atoms with van der Waals surface area (Å²) in [5.74, 6) is -3.91. The molecule has 0 aliphatic rings. The van der Waals surface area contributed by atoms with Crippen LogP contribution in [-0.2, 0) is 9.59 Å². The summed E-state index contributed by atoms with van der Waals surface area (Å²) in [5.41, 5.74) is 0. The lowest BCUT2D eigenvalue weighted by molar-refractivity contribution is -0.315. The first-order chi connectivity index (χ1) is 4.95. The summed E-state index contributed by atoms with van der Waals surface area (Å²) in [7, 11) is 0. The molecule has 4 heteroatoms. The summed E-state index contributed by atoms with van der Waals surface area (Å²) < 4.78 is 0. The number of carboxylic acid groups (broad SMARTS) is 2. The van der Waals surface area contributed by atoms with Crippen LogP contribution in [0.1, 0.15) is 20.3 Å². The quantitative estimate of drug-likeness (QED) is 0.481. The van der Waals surface area contributed by atoms with Crippen molar-refractivity contribution in [3.05, 3.63) is 0 Å². The molecule has 0 heterocycles. The van der Waals surface area contributed by atoms with Crippen molar-refractivity contribution in [2.75, 3.05) is 0 Å². The maximum Gasteiger partial charge on any atom is 0.0442 e. The Bertz CT molecular complexity index is 146. The first-order valence-corrected chi connectivity index (χ1v) is 3.37. The van der Waals surface area contributed by atoms with Gasteiger partial charge in [0.2, 0.25) is 0 Å². The third-order valence-corrected chi connectivity index (χ3v) is 1.51. The highest BCUT2D eigenvalue weighted by molar-refractivity contribution is 5.70. The zero-order valence-electron chi connectivity index (χ0n) is 6.49. The second-order valence-corrected chi connectivity index (χ2v) is 2.68. The van der Waals surface area contributed by atoms with Crippen molar-refractivity contribution < 1.29 is 19.8 Å². The second kappa shape index (κ2) is 3.95. The van der Waals surface area contributed by atoms with Gasteiger partial charge in [-0.25, -0.2) is 0 Å². The molecular weight excluding hydrogens is 148 g/mol. The van der Waals surface area contributed by atoms with Crippen LogP contribution >= 0.6 is 0 Å². The molecule has 0 radical (unpaired) electrons. The Morgan fingerprint density at radius 3 is 1.55 bits per heavy atom. The molecule has 0 spiro atoms. The predicted molar refractivity (Wildman–Crippen MR) is 33.0 cm³/mol. The van der Waals surface area contributed by atoms with E-state index in [-0.39, 0.29) is 6.42 Å². The summed E-state index contributed by atoms with van der Waals surface area (Å²) in [6.45, 7) is 2.82. The molecular formula is C7H10O4-2. The van der Waals surface area contributed by atoms with E-state index >= 15 is 0 Å². The second-order valence-electron chi connectivity index (χ2n) is 2.68. The van der Waals surface area contributed by atoms with Crippen LogP contribution in [0.4, 0.5) is 0 Å². The van der Waals surface area contributed by atoms with Crippen molar-refractivity contribution in [3.8, 4) is 0 Å². The topological polar surface area (TPSA) is 80.3 Å². The molecule has 2 atom stereocenters. The van der Waals surface area contributed by atoms with Gasteiger partial charge in [0.15, 0.2) is 0 Å². The fourth-order valence-corrected chi connectivity index (χ4v) is 0.723. The molecule has 4 nitrogen and oxygen atoms in total. The number of hydrogen-bond donors (Lipinski definition) is 0. The summed E-state index contributed by atoms with van der Waals surface area (Å²) in [5, 5.41) is 20.3. The Balaban J connectivity index is 3.84. The van der Waals surface area contributed by atoms with E-state index in [1.807, 2.05) is 0 Å². The number of carboxylic acids is 2. The first-order valence-electron chi connectivity index (χ1n) is 3.37. The molecule has 0 aromatic heterocycles. The first kappa shape index (κ1) is 9.94. The zero-order valence-corrected chi connectivity index (χ0v) is 6.49. The molecule has 0 aliphatic heterocycles. The summed E-state index contributed by atoms with van der Waals surface area (Å²) in [4.78, 5) is 20.3. The van der Waals surface area contributed by atoms with Gasteiger partial charge in [0, 0.05) is 11.9 Å². The van der Waals surface area contributed by atoms with E-state index in [0.29, 0.717) is 0 Å². The van der Waals surface area contributed by atoms with Gasteiger partial charge in [-0.15, -0.1) is 0 Å². The lowest BCUT2D eigenvalue weighted by Crippen LogP contribution is -2.35. The summed E-state index contributed by atoms with van der Waals surface area (Å²) in [6, 6.07) is 0. The van der Waals surface area contributed by atoms with Gasteiger partial charge in [-0.3, -0.25) is 0 Å². The maximum absolute atomic E-state index is 10.1. The van der Waals surface area contributed by atoms with Crippen LogP contribution in [0.25, 0.3) is 0 Å². The van der Waals surface area contributed by atoms with E-state index in [1.54, 1.807) is 0 Å². The van der Waals surface area contributed by atoms with Gasteiger partial charge in [0.25, 0.3) is 0 Å². The molecule has 0 amide bonds. The van der Waals surface area contributed by atoms with Gasteiger partial charge in [0.05, 0.1) is 0 Å². The van der Waals surface area contributed by atoms with Gasteiger partial charge in [-0.05, 0) is 18.3 Å². The number of hydrogen-bond acceptors (Lipinski definition) is 4. The molecule has 0 saturated carbocycles. The minimum absolute atomic E-state index is 0.0602. The standard InChI is InChI=1S/C7H12O4/c1-4(6(8)9)3-5(2)7(10)11/h4-5H,3H2,1-2H3,(H,8,9)(H,10,11)/p-2/t4-,5-/m0/s1. The third-order valence-electron chi connectivity index (χ3n) is 1.51. The molecule has 0 unspecified atom stereocenters. The SMILES string of the molecule is C[C@@H](C[C@H](C)C(=O)[O-])C(=O)[O-]. The van der Waals surface area contributed by atoms with Crippen molar-refractivity contribution in [2.24, 2.45) is 11.8 Å². The van der Waals surface area contributed by atoms with Gasteiger partial charge in [-0.1, -0.05) is 13.8 Å². The molecule has 0 N–H and O–H groups in total. The number of carbonyl (C=O) groups excluding carboxylic acids is 2. The molecule has 0 aromatic carbocycles. The van der Waals surface area contributed by atoms with Gasteiger partial charge in [0.1, 0.15) is 0 Å². The smallest absolute Gasteiger partial charge is 0.0442 e. The molecule has 64 valence electrons. The zero-order chi connectivity index (χ0) is 9.02. The fraction of sp³-hybridized carbons (Fsp3) is 0.714. The van der Waals surface area contributed by atoms with Crippen molar-refractivity contribution in [1.82, 2.24) is 0 Å².